The molecule has 0 bridgehead atoms. The molecule has 12 heteroatoms. The van der Waals surface area contributed by atoms with Crippen LogP contribution in [0.3, 0.4) is 0 Å². The predicted octanol–water partition coefficient (Wildman–Crippen LogP) is 3.80. The molecular formula is C25H28N6O5S. The molecule has 194 valence electrons. The second-order valence-electron chi connectivity index (χ2n) is 7.94. The maximum absolute atomic E-state index is 5.56. The number of guanidine groups is 1. The zero-order valence-electron chi connectivity index (χ0n) is 21.2. The Morgan fingerprint density at radius 3 is 2.24 bits per heavy atom. The predicted molar refractivity (Wildman–Crippen MR) is 144 cm³/mol. The number of anilines is 2. The van der Waals surface area contributed by atoms with Crippen LogP contribution in [0.25, 0.3) is 0 Å². The third-order valence-electron chi connectivity index (χ3n) is 5.22. The van der Waals surface area contributed by atoms with Gasteiger partial charge in [0.1, 0.15) is 0 Å². The van der Waals surface area contributed by atoms with E-state index in [2.05, 4.69) is 30.9 Å². The number of rotatable bonds is 7. The second-order valence-corrected chi connectivity index (χ2v) is 8.35. The zero-order valence-corrected chi connectivity index (χ0v) is 22.0. The highest BCUT2D eigenvalue weighted by atomic mass is 32.1. The molecule has 0 amide bonds. The van der Waals surface area contributed by atoms with E-state index in [-0.39, 0.29) is 11.9 Å². The summed E-state index contributed by atoms with van der Waals surface area (Å²) < 4.78 is 27.1. The Morgan fingerprint density at radius 2 is 1.59 bits per heavy atom. The molecule has 4 rings (SSSR count). The molecule has 2 aromatic carbocycles. The molecule has 0 saturated carbocycles. The van der Waals surface area contributed by atoms with Gasteiger partial charge in [0.2, 0.25) is 24.5 Å². The molecule has 0 radical (unpaired) electrons. The maximum Gasteiger partial charge on any atom is 0.231 e. The first-order valence-electron chi connectivity index (χ1n) is 11.3. The topological polar surface area (TPSA) is 120 Å². The van der Waals surface area contributed by atoms with Gasteiger partial charge in [0, 0.05) is 29.2 Å². The number of aryl methyl sites for hydroxylation is 2. The number of ether oxygens (including phenoxy) is 5. The van der Waals surface area contributed by atoms with Gasteiger partial charge in [-0.05, 0) is 49.8 Å². The number of nitrogens with one attached hydrogen (secondary N) is 3. The van der Waals surface area contributed by atoms with Crippen molar-refractivity contribution < 1.29 is 23.7 Å². The molecule has 0 unspecified atom stereocenters. The average molecular weight is 525 g/mol. The summed E-state index contributed by atoms with van der Waals surface area (Å²) in [6, 6.07) is 11.1. The lowest BCUT2D eigenvalue weighted by molar-refractivity contribution is 0.174. The van der Waals surface area contributed by atoms with Gasteiger partial charge >= 0.3 is 0 Å². The van der Waals surface area contributed by atoms with Crippen LogP contribution in [0.4, 0.5) is 11.6 Å². The van der Waals surface area contributed by atoms with Crippen LogP contribution in [-0.4, -0.2) is 49.2 Å². The molecule has 1 aromatic heterocycles. The molecule has 0 saturated heterocycles. The molecule has 1 aliphatic rings. The first-order chi connectivity index (χ1) is 17.9. The molecule has 0 atom stereocenters. The molecule has 2 heterocycles. The molecule has 0 fully saturated rings. The van der Waals surface area contributed by atoms with Crippen LogP contribution in [0.1, 0.15) is 17.0 Å². The fraction of sp³-hybridized carbons (Fsp3) is 0.280. The van der Waals surface area contributed by atoms with Gasteiger partial charge < -0.3 is 34.3 Å². The van der Waals surface area contributed by atoms with Crippen LogP contribution < -0.4 is 39.6 Å². The van der Waals surface area contributed by atoms with Crippen molar-refractivity contribution in [3.8, 4) is 28.7 Å². The molecular weight excluding hydrogens is 496 g/mol. The Bertz CT molecular complexity index is 1290. The summed E-state index contributed by atoms with van der Waals surface area (Å²) in [6.07, 6.45) is 0. The molecule has 37 heavy (non-hydrogen) atoms. The smallest absolute Gasteiger partial charge is 0.231 e. The lowest BCUT2D eigenvalue weighted by Gasteiger charge is -2.17. The number of fused-ring (bicyclic) bond motifs is 1. The third-order valence-corrected chi connectivity index (χ3v) is 5.43. The molecule has 3 aromatic rings. The summed E-state index contributed by atoms with van der Waals surface area (Å²) in [5.41, 5.74) is 3.20. The lowest BCUT2D eigenvalue weighted by atomic mass is 10.2. The molecule has 11 nitrogen and oxygen atoms in total. The van der Waals surface area contributed by atoms with E-state index in [0.717, 1.165) is 17.0 Å². The van der Waals surface area contributed by atoms with Crippen molar-refractivity contribution in [2.75, 3.05) is 38.8 Å². The summed E-state index contributed by atoms with van der Waals surface area (Å²) in [5, 5.41) is 9.61. The van der Waals surface area contributed by atoms with Crippen molar-refractivity contribution in [1.82, 2.24) is 15.3 Å². The first kappa shape index (κ1) is 25.8. The van der Waals surface area contributed by atoms with E-state index in [0.29, 0.717) is 52.9 Å². The van der Waals surface area contributed by atoms with E-state index in [1.165, 1.54) is 0 Å². The Balaban J connectivity index is 1.55. The number of aromatic nitrogens is 2. The van der Waals surface area contributed by atoms with Gasteiger partial charge in [0.05, 0.1) is 27.9 Å². The van der Waals surface area contributed by atoms with Gasteiger partial charge in [-0.25, -0.2) is 15.0 Å². The maximum atomic E-state index is 5.56. The molecule has 0 spiro atoms. The van der Waals surface area contributed by atoms with Crippen LogP contribution >= 0.6 is 12.2 Å². The Hall–Kier alpha value is -4.32. The van der Waals surface area contributed by atoms with Crippen molar-refractivity contribution in [2.24, 2.45) is 4.99 Å². The second kappa shape index (κ2) is 11.6. The van der Waals surface area contributed by atoms with E-state index < -0.39 is 0 Å². The monoisotopic (exact) mass is 524 g/mol. The zero-order chi connectivity index (χ0) is 26.4. The Morgan fingerprint density at radius 1 is 0.919 bits per heavy atom. The minimum Gasteiger partial charge on any atom is -0.493 e. The standard InChI is InChI=1S/C25H28N6O5S/c1-14-8-15(2)28-24(27-14)30-23(26-12-16-6-7-18-19(9-16)36-13-35-18)31-25(37)29-17-10-20(32-3)22(34-5)21(11-17)33-4/h6-11H,12-13H2,1-5H3,(H3,26,27,28,29,30,31,37). The van der Waals surface area contributed by atoms with Gasteiger partial charge in [0.15, 0.2) is 28.1 Å². The van der Waals surface area contributed by atoms with Crippen LogP contribution in [0.5, 0.6) is 28.7 Å². The van der Waals surface area contributed by atoms with Gasteiger partial charge in [0.25, 0.3) is 0 Å². The van der Waals surface area contributed by atoms with Crippen molar-refractivity contribution in [2.45, 2.75) is 20.4 Å². The lowest BCUT2D eigenvalue weighted by Crippen LogP contribution is -2.39. The number of hydrogen-bond donors (Lipinski definition) is 3. The van der Waals surface area contributed by atoms with Crippen LogP contribution in [0, 0.1) is 13.8 Å². The quantitative estimate of drug-likeness (QED) is 0.238. The Kier molecular flexibility index (Phi) is 8.08. The number of thiocarbonyl (C=S) groups is 1. The fourth-order valence-corrected chi connectivity index (χ4v) is 3.85. The number of methoxy groups -OCH3 is 3. The Labute approximate surface area is 220 Å². The average Bonchev–Trinajstić information content (AvgIpc) is 3.34. The normalized spacial score (nSPS) is 12.1. The van der Waals surface area contributed by atoms with Gasteiger partial charge in [-0.1, -0.05) is 6.07 Å². The molecule has 3 N–H and O–H groups in total. The van der Waals surface area contributed by atoms with E-state index in [9.17, 15) is 0 Å². The molecule has 0 aliphatic carbocycles. The van der Waals surface area contributed by atoms with Gasteiger partial charge in [-0.15, -0.1) is 0 Å². The van der Waals surface area contributed by atoms with E-state index in [1.807, 2.05) is 38.1 Å². The number of aliphatic imine (C=N–C) groups is 1. The SMILES string of the molecule is COc1cc(NC(=S)NC(=NCc2ccc3c(c2)OCO3)Nc2nc(C)cc(C)n2)cc(OC)c1OC. The summed E-state index contributed by atoms with van der Waals surface area (Å²) >= 11 is 5.56. The van der Waals surface area contributed by atoms with Crippen molar-refractivity contribution >= 4 is 34.9 Å². The molecule has 1 aliphatic heterocycles. The summed E-state index contributed by atoms with van der Waals surface area (Å²) in [5.74, 6) is 3.61. The van der Waals surface area contributed by atoms with Crippen molar-refractivity contribution in [1.29, 1.82) is 0 Å². The van der Waals surface area contributed by atoms with Crippen LogP contribution in [0.15, 0.2) is 41.4 Å². The highest BCUT2D eigenvalue weighted by Crippen LogP contribution is 2.40. The highest BCUT2D eigenvalue weighted by molar-refractivity contribution is 7.80. The largest absolute Gasteiger partial charge is 0.493 e. The van der Waals surface area contributed by atoms with Crippen molar-refractivity contribution in [3.05, 3.63) is 53.3 Å². The number of nitrogens with zero attached hydrogens (tertiary/aromatic N) is 3. The van der Waals surface area contributed by atoms with E-state index in [4.69, 9.17) is 35.9 Å². The highest BCUT2D eigenvalue weighted by Gasteiger charge is 2.16. The van der Waals surface area contributed by atoms with Crippen LogP contribution in [-0.2, 0) is 6.54 Å². The third kappa shape index (κ3) is 6.47. The van der Waals surface area contributed by atoms with E-state index in [1.54, 1.807) is 33.5 Å². The van der Waals surface area contributed by atoms with E-state index >= 15 is 0 Å². The van der Waals surface area contributed by atoms with Crippen molar-refractivity contribution in [3.63, 3.8) is 0 Å². The summed E-state index contributed by atoms with van der Waals surface area (Å²) in [7, 11) is 4.64. The van der Waals surface area contributed by atoms with Gasteiger partial charge in [-0.2, -0.15) is 0 Å². The number of benzene rings is 2. The summed E-state index contributed by atoms with van der Waals surface area (Å²) in [4.78, 5) is 13.6. The summed E-state index contributed by atoms with van der Waals surface area (Å²) in [6.45, 7) is 4.34. The minimum atomic E-state index is 0.210. The number of hydrogen-bond acceptors (Lipinski definition) is 9. The minimum absolute atomic E-state index is 0.210. The van der Waals surface area contributed by atoms with Gasteiger partial charge in [-0.3, -0.25) is 5.32 Å². The van der Waals surface area contributed by atoms with Crippen LogP contribution in [0.2, 0.25) is 0 Å². The fourth-order valence-electron chi connectivity index (χ4n) is 3.63. The first-order valence-corrected chi connectivity index (χ1v) is 11.7.